The topological polar surface area (TPSA) is 33.6 Å². The number of H-pyrrole nitrogens is 1. The quantitative estimate of drug-likeness (QED) is 0.487. The van der Waals surface area contributed by atoms with E-state index in [1.807, 2.05) is 34.9 Å². The van der Waals surface area contributed by atoms with Crippen LogP contribution in [0, 0.1) is 4.77 Å². The zero-order valence-electron chi connectivity index (χ0n) is 10.9. The number of benzene rings is 2. The van der Waals surface area contributed by atoms with E-state index in [1.165, 1.54) is 0 Å². The van der Waals surface area contributed by atoms with Gasteiger partial charge in [0.1, 0.15) is 0 Å². The lowest BCUT2D eigenvalue weighted by atomic mass is 10.2. The van der Waals surface area contributed by atoms with Crippen LogP contribution in [0.25, 0.3) is 27.6 Å². The van der Waals surface area contributed by atoms with Crippen molar-refractivity contribution in [2.45, 2.75) is 0 Å². The monoisotopic (exact) mass is 355 g/mol. The van der Waals surface area contributed by atoms with Gasteiger partial charge in [-0.3, -0.25) is 9.55 Å². The Balaban J connectivity index is 2.03. The van der Waals surface area contributed by atoms with Gasteiger partial charge in [0.05, 0.1) is 16.6 Å². The summed E-state index contributed by atoms with van der Waals surface area (Å²) in [6.45, 7) is 0. The van der Waals surface area contributed by atoms with E-state index in [2.05, 4.69) is 44.1 Å². The molecule has 2 heterocycles. The van der Waals surface area contributed by atoms with Gasteiger partial charge in [-0.1, -0.05) is 22.0 Å². The molecule has 2 aromatic carbocycles. The molecular weight excluding hydrogens is 346 g/mol. The maximum atomic E-state index is 5.48. The van der Waals surface area contributed by atoms with Gasteiger partial charge >= 0.3 is 0 Å². The summed E-state index contributed by atoms with van der Waals surface area (Å²) in [7, 11) is 0. The summed E-state index contributed by atoms with van der Waals surface area (Å²) in [5.74, 6) is 0. The molecule has 5 heteroatoms. The summed E-state index contributed by atoms with van der Waals surface area (Å²) in [5.41, 5.74) is 4.09. The number of fused-ring (bicyclic) bond motifs is 2. The zero-order valence-corrected chi connectivity index (χ0v) is 13.3. The average molecular weight is 356 g/mol. The Morgan fingerprint density at radius 3 is 2.90 bits per heavy atom. The van der Waals surface area contributed by atoms with Crippen molar-refractivity contribution in [1.29, 1.82) is 0 Å². The van der Waals surface area contributed by atoms with E-state index in [0.717, 1.165) is 32.1 Å². The van der Waals surface area contributed by atoms with Crippen LogP contribution >= 0.6 is 28.1 Å². The predicted molar refractivity (Wildman–Crippen MR) is 91.5 cm³/mol. The SMILES string of the molecule is S=c1[nH]c2cc(Br)ccc2n1-c1ccc2ncccc2c1. The van der Waals surface area contributed by atoms with Crippen LogP contribution in [-0.2, 0) is 0 Å². The first-order chi connectivity index (χ1) is 10.2. The normalized spacial score (nSPS) is 11.3. The highest BCUT2D eigenvalue weighted by molar-refractivity contribution is 9.10. The molecule has 0 atom stereocenters. The molecule has 4 rings (SSSR count). The van der Waals surface area contributed by atoms with E-state index in [9.17, 15) is 0 Å². The molecule has 0 aliphatic rings. The first-order valence-corrected chi connectivity index (χ1v) is 7.68. The highest BCUT2D eigenvalue weighted by Crippen LogP contribution is 2.24. The fourth-order valence-corrected chi connectivity index (χ4v) is 3.22. The number of hydrogen-bond donors (Lipinski definition) is 1. The third kappa shape index (κ3) is 2.09. The minimum absolute atomic E-state index is 0.686. The standard InChI is InChI=1S/C16H10BrN3S/c17-11-3-6-15-14(9-11)19-16(21)20(15)12-4-5-13-10(8-12)2-1-7-18-13/h1-9H,(H,19,21). The molecule has 102 valence electrons. The van der Waals surface area contributed by atoms with E-state index >= 15 is 0 Å². The van der Waals surface area contributed by atoms with Crippen LogP contribution in [0.4, 0.5) is 0 Å². The summed E-state index contributed by atoms with van der Waals surface area (Å²) >= 11 is 8.96. The lowest BCUT2D eigenvalue weighted by Crippen LogP contribution is -1.94. The van der Waals surface area contributed by atoms with Gasteiger partial charge in [-0.15, -0.1) is 0 Å². The molecule has 0 unspecified atom stereocenters. The molecule has 1 N–H and O–H groups in total. The van der Waals surface area contributed by atoms with Crippen LogP contribution in [0.15, 0.2) is 59.2 Å². The van der Waals surface area contributed by atoms with Crippen molar-refractivity contribution in [2.24, 2.45) is 0 Å². The third-order valence-electron chi connectivity index (χ3n) is 3.49. The number of nitrogens with zero attached hydrogens (tertiary/aromatic N) is 2. The van der Waals surface area contributed by atoms with Gasteiger partial charge in [-0.2, -0.15) is 0 Å². The fraction of sp³-hybridized carbons (Fsp3) is 0. The molecule has 2 aromatic heterocycles. The molecule has 21 heavy (non-hydrogen) atoms. The molecule has 0 aliphatic heterocycles. The van der Waals surface area contributed by atoms with Crippen LogP contribution < -0.4 is 0 Å². The molecule has 0 aliphatic carbocycles. The highest BCUT2D eigenvalue weighted by Gasteiger charge is 2.07. The van der Waals surface area contributed by atoms with Gasteiger partial charge in [0.15, 0.2) is 4.77 Å². The smallest absolute Gasteiger partial charge is 0.182 e. The van der Waals surface area contributed by atoms with E-state index in [0.29, 0.717) is 4.77 Å². The number of hydrogen-bond acceptors (Lipinski definition) is 2. The van der Waals surface area contributed by atoms with E-state index in [-0.39, 0.29) is 0 Å². The number of rotatable bonds is 1. The number of halogens is 1. The largest absolute Gasteiger partial charge is 0.330 e. The van der Waals surface area contributed by atoms with Gasteiger partial charge in [0.2, 0.25) is 0 Å². The second kappa shape index (κ2) is 4.79. The van der Waals surface area contributed by atoms with Gasteiger partial charge in [0.25, 0.3) is 0 Å². The summed E-state index contributed by atoms with van der Waals surface area (Å²) < 4.78 is 3.76. The molecule has 0 amide bonds. The molecular formula is C16H10BrN3S. The minimum atomic E-state index is 0.686. The molecule has 3 nitrogen and oxygen atoms in total. The second-order valence-electron chi connectivity index (χ2n) is 4.81. The lowest BCUT2D eigenvalue weighted by molar-refractivity contribution is 1.07. The van der Waals surface area contributed by atoms with Crippen LogP contribution in [0.3, 0.4) is 0 Å². The van der Waals surface area contributed by atoms with Gasteiger partial charge in [-0.25, -0.2) is 0 Å². The Morgan fingerprint density at radius 1 is 1.10 bits per heavy atom. The van der Waals surface area contributed by atoms with E-state index in [4.69, 9.17) is 12.2 Å². The molecule has 0 spiro atoms. The lowest BCUT2D eigenvalue weighted by Gasteiger charge is -2.06. The number of imidazole rings is 1. The number of aromatic amines is 1. The maximum Gasteiger partial charge on any atom is 0.182 e. The predicted octanol–water partition coefficient (Wildman–Crippen LogP) is 5.00. The number of nitrogens with one attached hydrogen (secondary N) is 1. The molecule has 0 fully saturated rings. The van der Waals surface area contributed by atoms with Crippen LogP contribution in [0.5, 0.6) is 0 Å². The number of pyridine rings is 1. The molecule has 0 saturated carbocycles. The van der Waals surface area contributed by atoms with Crippen molar-refractivity contribution in [2.75, 3.05) is 0 Å². The van der Waals surface area contributed by atoms with Gasteiger partial charge < -0.3 is 4.98 Å². The van der Waals surface area contributed by atoms with Gasteiger partial charge in [-0.05, 0) is 54.7 Å². The first kappa shape index (κ1) is 12.7. The summed E-state index contributed by atoms with van der Waals surface area (Å²) in [6, 6.07) is 16.3. The minimum Gasteiger partial charge on any atom is -0.330 e. The zero-order chi connectivity index (χ0) is 14.4. The maximum absolute atomic E-state index is 5.48. The van der Waals surface area contributed by atoms with E-state index in [1.54, 1.807) is 6.20 Å². The molecule has 0 radical (unpaired) electrons. The first-order valence-electron chi connectivity index (χ1n) is 6.48. The second-order valence-corrected chi connectivity index (χ2v) is 6.11. The summed E-state index contributed by atoms with van der Waals surface area (Å²) in [6.07, 6.45) is 1.80. The fourth-order valence-electron chi connectivity index (χ4n) is 2.54. The summed E-state index contributed by atoms with van der Waals surface area (Å²) in [5, 5.41) is 1.10. The Bertz CT molecular complexity index is 1030. The van der Waals surface area contributed by atoms with Crippen LogP contribution in [-0.4, -0.2) is 14.5 Å². The van der Waals surface area contributed by atoms with E-state index < -0.39 is 0 Å². The molecule has 0 saturated heterocycles. The van der Waals surface area contributed by atoms with Crippen molar-refractivity contribution in [3.8, 4) is 5.69 Å². The van der Waals surface area contributed by atoms with Crippen molar-refractivity contribution < 1.29 is 0 Å². The summed E-state index contributed by atoms with van der Waals surface area (Å²) in [4.78, 5) is 7.60. The Labute approximate surface area is 134 Å². The average Bonchev–Trinajstić information content (AvgIpc) is 2.81. The third-order valence-corrected chi connectivity index (χ3v) is 4.27. The van der Waals surface area contributed by atoms with Crippen molar-refractivity contribution >= 4 is 50.1 Å². The Kier molecular flexibility index (Phi) is 2.90. The molecule has 0 bridgehead atoms. The Hall–Kier alpha value is -1.98. The van der Waals surface area contributed by atoms with Crippen molar-refractivity contribution in [3.63, 3.8) is 0 Å². The van der Waals surface area contributed by atoms with Gasteiger partial charge in [0, 0.05) is 21.7 Å². The highest BCUT2D eigenvalue weighted by atomic mass is 79.9. The Morgan fingerprint density at radius 2 is 2.00 bits per heavy atom. The van der Waals surface area contributed by atoms with Crippen molar-refractivity contribution in [3.05, 3.63) is 64.0 Å². The van der Waals surface area contributed by atoms with Crippen LogP contribution in [0.2, 0.25) is 0 Å². The van der Waals surface area contributed by atoms with Crippen LogP contribution in [0.1, 0.15) is 0 Å². The van der Waals surface area contributed by atoms with Crippen molar-refractivity contribution in [1.82, 2.24) is 14.5 Å². The molecule has 4 aromatic rings. The number of aromatic nitrogens is 3.